The van der Waals surface area contributed by atoms with Crippen LogP contribution in [0.15, 0.2) is 54.6 Å². The number of pyridine rings is 1. The highest BCUT2D eigenvalue weighted by Gasteiger charge is 2.19. The lowest BCUT2D eigenvalue weighted by molar-refractivity contribution is 0.176. The second kappa shape index (κ2) is 8.50. The Bertz CT molecular complexity index is 994. The summed E-state index contributed by atoms with van der Waals surface area (Å²) in [4.78, 5) is 6.88. The Kier molecular flexibility index (Phi) is 5.83. The Morgan fingerprint density at radius 2 is 1.75 bits per heavy atom. The Morgan fingerprint density at radius 1 is 0.964 bits per heavy atom. The fourth-order valence-electron chi connectivity index (χ4n) is 3.41. The van der Waals surface area contributed by atoms with E-state index in [1.54, 1.807) is 0 Å². The van der Waals surface area contributed by atoms with E-state index >= 15 is 0 Å². The van der Waals surface area contributed by atoms with Gasteiger partial charge in [0.25, 0.3) is 0 Å². The Hall–Kier alpha value is -2.11. The Morgan fingerprint density at radius 3 is 2.57 bits per heavy atom. The lowest BCUT2D eigenvalue weighted by atomic mass is 10.0. The standard InChI is InChI=1S/C22H20Cl2N2O2/c23-19-7-2-1-4-16(19)17-5-3-6-18(21(17)24)20-9-8-15-14-26(10-12-27)11-13-28-22(15)25-20/h1-9,27H,10-14H2. The lowest BCUT2D eigenvalue weighted by Crippen LogP contribution is -2.28. The van der Waals surface area contributed by atoms with Crippen LogP contribution in [0.1, 0.15) is 5.56 Å². The maximum absolute atomic E-state index is 9.20. The quantitative estimate of drug-likeness (QED) is 0.658. The summed E-state index contributed by atoms with van der Waals surface area (Å²) in [6.45, 7) is 2.75. The number of ether oxygens (including phenoxy) is 1. The number of aromatic nitrogens is 1. The van der Waals surface area contributed by atoms with E-state index in [2.05, 4.69) is 4.90 Å². The minimum Gasteiger partial charge on any atom is -0.476 e. The van der Waals surface area contributed by atoms with Crippen LogP contribution >= 0.6 is 23.2 Å². The zero-order valence-electron chi connectivity index (χ0n) is 15.2. The highest BCUT2D eigenvalue weighted by molar-refractivity contribution is 6.38. The lowest BCUT2D eigenvalue weighted by Gasteiger charge is -2.17. The van der Waals surface area contributed by atoms with E-state index in [9.17, 15) is 5.11 Å². The van der Waals surface area contributed by atoms with Gasteiger partial charge in [0.1, 0.15) is 6.61 Å². The summed E-state index contributed by atoms with van der Waals surface area (Å²) in [5, 5.41) is 10.5. The van der Waals surface area contributed by atoms with Crippen molar-refractivity contribution in [2.24, 2.45) is 0 Å². The first-order chi connectivity index (χ1) is 13.7. The molecular formula is C22H20Cl2N2O2. The average Bonchev–Trinajstić information content (AvgIpc) is 2.90. The number of aliphatic hydroxyl groups is 1. The third-order valence-electron chi connectivity index (χ3n) is 4.83. The van der Waals surface area contributed by atoms with E-state index in [-0.39, 0.29) is 6.61 Å². The molecule has 0 atom stereocenters. The number of hydrogen-bond acceptors (Lipinski definition) is 4. The molecule has 0 aliphatic carbocycles. The van der Waals surface area contributed by atoms with Crippen molar-refractivity contribution in [3.63, 3.8) is 0 Å². The Labute approximate surface area is 174 Å². The van der Waals surface area contributed by atoms with Crippen molar-refractivity contribution in [2.45, 2.75) is 6.54 Å². The Balaban J connectivity index is 1.72. The molecule has 0 unspecified atom stereocenters. The van der Waals surface area contributed by atoms with Gasteiger partial charge < -0.3 is 9.84 Å². The van der Waals surface area contributed by atoms with Crippen LogP contribution in [0.3, 0.4) is 0 Å². The highest BCUT2D eigenvalue weighted by atomic mass is 35.5. The van der Waals surface area contributed by atoms with Crippen LogP contribution in [0.4, 0.5) is 0 Å². The summed E-state index contributed by atoms with van der Waals surface area (Å²) < 4.78 is 5.86. The summed E-state index contributed by atoms with van der Waals surface area (Å²) in [6.07, 6.45) is 0. The molecule has 2 aromatic carbocycles. The van der Waals surface area contributed by atoms with Gasteiger partial charge in [-0.1, -0.05) is 65.7 Å². The first-order valence-electron chi connectivity index (χ1n) is 9.17. The molecular weight excluding hydrogens is 395 g/mol. The van der Waals surface area contributed by atoms with Crippen molar-refractivity contribution in [3.8, 4) is 28.3 Å². The van der Waals surface area contributed by atoms with Crippen molar-refractivity contribution >= 4 is 23.2 Å². The normalized spacial score (nSPS) is 14.2. The molecule has 3 aromatic rings. The van der Waals surface area contributed by atoms with Crippen LogP contribution in [0.5, 0.6) is 5.88 Å². The molecule has 144 valence electrons. The van der Waals surface area contributed by atoms with E-state index in [0.717, 1.165) is 34.5 Å². The van der Waals surface area contributed by atoms with E-state index in [0.29, 0.717) is 35.6 Å². The fourth-order valence-corrected chi connectivity index (χ4v) is 3.97. The highest BCUT2D eigenvalue weighted by Crippen LogP contribution is 2.39. The number of aliphatic hydroxyl groups excluding tert-OH is 1. The average molecular weight is 415 g/mol. The maximum Gasteiger partial charge on any atom is 0.218 e. The van der Waals surface area contributed by atoms with Crippen molar-refractivity contribution in [2.75, 3.05) is 26.3 Å². The molecule has 28 heavy (non-hydrogen) atoms. The first kappa shape index (κ1) is 19.2. The SMILES string of the molecule is OCCN1CCOc2nc(-c3cccc(-c4ccccc4Cl)c3Cl)ccc2C1. The van der Waals surface area contributed by atoms with Crippen LogP contribution in [-0.2, 0) is 6.54 Å². The molecule has 2 heterocycles. The molecule has 0 amide bonds. The summed E-state index contributed by atoms with van der Waals surface area (Å²) in [6, 6.07) is 17.5. The van der Waals surface area contributed by atoms with Gasteiger partial charge in [-0.15, -0.1) is 0 Å². The first-order valence-corrected chi connectivity index (χ1v) is 9.92. The molecule has 0 bridgehead atoms. The number of fused-ring (bicyclic) bond motifs is 1. The van der Waals surface area contributed by atoms with Gasteiger partial charge in [0.05, 0.1) is 17.3 Å². The summed E-state index contributed by atoms with van der Waals surface area (Å²) >= 11 is 13.1. The second-order valence-corrected chi connectivity index (χ2v) is 7.44. The van der Waals surface area contributed by atoms with Crippen LogP contribution in [-0.4, -0.2) is 41.3 Å². The molecule has 4 nitrogen and oxygen atoms in total. The monoisotopic (exact) mass is 414 g/mol. The smallest absolute Gasteiger partial charge is 0.218 e. The van der Waals surface area contributed by atoms with Crippen LogP contribution in [0.2, 0.25) is 10.0 Å². The third kappa shape index (κ3) is 3.87. The number of hydrogen-bond donors (Lipinski definition) is 1. The fraction of sp³-hybridized carbons (Fsp3) is 0.227. The van der Waals surface area contributed by atoms with Crippen LogP contribution in [0.25, 0.3) is 22.4 Å². The zero-order valence-corrected chi connectivity index (χ0v) is 16.7. The predicted octanol–water partition coefficient (Wildman–Crippen LogP) is 4.91. The summed E-state index contributed by atoms with van der Waals surface area (Å²) in [5.74, 6) is 0.622. The number of rotatable bonds is 4. The number of β-amino-alcohol motifs (C(OH)–C–C–N with tert-alkyl or cyclic N) is 1. The van der Waals surface area contributed by atoms with Crippen LogP contribution in [0, 0.1) is 0 Å². The van der Waals surface area contributed by atoms with E-state index < -0.39 is 0 Å². The van der Waals surface area contributed by atoms with Crippen molar-refractivity contribution in [3.05, 3.63) is 70.2 Å². The molecule has 1 aromatic heterocycles. The summed E-state index contributed by atoms with van der Waals surface area (Å²) in [7, 11) is 0. The molecule has 6 heteroatoms. The largest absolute Gasteiger partial charge is 0.476 e. The van der Waals surface area contributed by atoms with Crippen molar-refractivity contribution in [1.82, 2.24) is 9.88 Å². The van der Waals surface area contributed by atoms with Crippen molar-refractivity contribution < 1.29 is 9.84 Å². The molecule has 0 spiro atoms. The molecule has 4 rings (SSSR count). The van der Waals surface area contributed by atoms with Gasteiger partial charge in [0.2, 0.25) is 5.88 Å². The van der Waals surface area contributed by atoms with Gasteiger partial charge in [-0.3, -0.25) is 4.90 Å². The maximum atomic E-state index is 9.20. The minimum atomic E-state index is 0.130. The second-order valence-electron chi connectivity index (χ2n) is 6.66. The van der Waals surface area contributed by atoms with Gasteiger partial charge in [0, 0.05) is 46.9 Å². The molecule has 0 radical (unpaired) electrons. The minimum absolute atomic E-state index is 0.130. The molecule has 1 N–H and O–H groups in total. The van der Waals surface area contributed by atoms with Gasteiger partial charge >= 0.3 is 0 Å². The zero-order chi connectivity index (χ0) is 19.5. The summed E-state index contributed by atoms with van der Waals surface area (Å²) in [5.41, 5.74) is 4.36. The number of nitrogens with zero attached hydrogens (tertiary/aromatic N) is 2. The van der Waals surface area contributed by atoms with Crippen LogP contribution < -0.4 is 4.74 Å². The van der Waals surface area contributed by atoms with E-state index in [1.165, 1.54) is 0 Å². The third-order valence-corrected chi connectivity index (χ3v) is 5.57. The molecule has 0 saturated heterocycles. The number of halogens is 2. The van der Waals surface area contributed by atoms with Gasteiger partial charge in [0.15, 0.2) is 0 Å². The molecule has 0 fully saturated rings. The molecule has 1 aliphatic rings. The van der Waals surface area contributed by atoms with Gasteiger partial charge in [-0.2, -0.15) is 0 Å². The predicted molar refractivity (Wildman–Crippen MR) is 113 cm³/mol. The van der Waals surface area contributed by atoms with Crippen molar-refractivity contribution in [1.29, 1.82) is 0 Å². The molecule has 0 saturated carbocycles. The molecule has 1 aliphatic heterocycles. The van der Waals surface area contributed by atoms with Gasteiger partial charge in [-0.25, -0.2) is 4.98 Å². The number of benzene rings is 2. The topological polar surface area (TPSA) is 45.6 Å². The van der Waals surface area contributed by atoms with Gasteiger partial charge in [-0.05, 0) is 12.1 Å². The van der Waals surface area contributed by atoms with E-state index in [1.807, 2.05) is 54.6 Å². The van der Waals surface area contributed by atoms with E-state index in [4.69, 9.17) is 32.9 Å².